The maximum atomic E-state index is 5.41. The molecule has 0 radical (unpaired) electrons. The van der Waals surface area contributed by atoms with Gasteiger partial charge in [0.25, 0.3) is 0 Å². The summed E-state index contributed by atoms with van der Waals surface area (Å²) in [4.78, 5) is 0. The predicted octanol–water partition coefficient (Wildman–Crippen LogP) is 1.70. The summed E-state index contributed by atoms with van der Waals surface area (Å²) in [5, 5.41) is 0.845. The molecule has 0 fully saturated rings. The second-order valence-corrected chi connectivity index (χ2v) is 6.13. The summed E-state index contributed by atoms with van der Waals surface area (Å²) in [6.07, 6.45) is 1.71. The fraction of sp³-hybridized carbons (Fsp3) is 0.895. The second kappa shape index (κ2) is 26.9. The Balaban J connectivity index is 2.97. The number of hydrogen-bond acceptors (Lipinski definition) is 8. The SMILES string of the molecule is C=CCOCCOCCOCCOCCOCCOCCOCCOCCBr. The summed E-state index contributed by atoms with van der Waals surface area (Å²) < 4.78 is 42.8. The van der Waals surface area contributed by atoms with Gasteiger partial charge in [-0.05, 0) is 0 Å². The van der Waals surface area contributed by atoms with Crippen LogP contribution in [0, 0.1) is 0 Å². The molecule has 0 atom stereocenters. The van der Waals surface area contributed by atoms with Gasteiger partial charge < -0.3 is 37.9 Å². The number of ether oxygens (including phenoxy) is 8. The van der Waals surface area contributed by atoms with Crippen LogP contribution in [0.3, 0.4) is 0 Å². The van der Waals surface area contributed by atoms with Gasteiger partial charge in [0.15, 0.2) is 0 Å². The third-order valence-electron chi connectivity index (χ3n) is 3.06. The van der Waals surface area contributed by atoms with Crippen LogP contribution in [0.1, 0.15) is 0 Å². The molecule has 0 saturated carbocycles. The molecule has 0 aliphatic carbocycles. The van der Waals surface area contributed by atoms with Crippen LogP contribution < -0.4 is 0 Å². The summed E-state index contributed by atoms with van der Waals surface area (Å²) >= 11 is 3.29. The first-order valence-corrected chi connectivity index (χ1v) is 10.8. The van der Waals surface area contributed by atoms with Crippen molar-refractivity contribution in [3.8, 4) is 0 Å². The molecule has 0 bridgehead atoms. The Hall–Kier alpha value is -0.100. The lowest BCUT2D eigenvalue weighted by Gasteiger charge is -2.08. The average molecular weight is 473 g/mol. The Labute approximate surface area is 177 Å². The lowest BCUT2D eigenvalue weighted by atomic mass is 10.6. The maximum absolute atomic E-state index is 5.41. The molecule has 0 aromatic carbocycles. The topological polar surface area (TPSA) is 73.8 Å². The molecule has 0 aromatic rings. The molecule has 28 heavy (non-hydrogen) atoms. The quantitative estimate of drug-likeness (QED) is 0.113. The fourth-order valence-electron chi connectivity index (χ4n) is 1.76. The van der Waals surface area contributed by atoms with Crippen LogP contribution in [0.15, 0.2) is 12.7 Å². The highest BCUT2D eigenvalue weighted by molar-refractivity contribution is 9.09. The van der Waals surface area contributed by atoms with E-state index < -0.39 is 0 Å². The van der Waals surface area contributed by atoms with Gasteiger partial charge in [-0.15, -0.1) is 6.58 Å². The van der Waals surface area contributed by atoms with E-state index in [1.54, 1.807) is 6.08 Å². The molecule has 0 heterocycles. The second-order valence-electron chi connectivity index (χ2n) is 5.34. The van der Waals surface area contributed by atoms with Crippen molar-refractivity contribution in [3.05, 3.63) is 12.7 Å². The zero-order valence-corrected chi connectivity index (χ0v) is 18.5. The highest BCUT2D eigenvalue weighted by atomic mass is 79.9. The third kappa shape index (κ3) is 25.9. The van der Waals surface area contributed by atoms with Crippen molar-refractivity contribution in [3.63, 3.8) is 0 Å². The Morgan fingerprint density at radius 3 is 0.929 bits per heavy atom. The van der Waals surface area contributed by atoms with Crippen molar-refractivity contribution in [1.82, 2.24) is 0 Å². The van der Waals surface area contributed by atoms with Crippen LogP contribution >= 0.6 is 15.9 Å². The van der Waals surface area contributed by atoms with Gasteiger partial charge >= 0.3 is 0 Å². The number of rotatable bonds is 25. The first-order chi connectivity index (χ1) is 13.9. The smallest absolute Gasteiger partial charge is 0.0704 e. The van der Waals surface area contributed by atoms with Crippen molar-refractivity contribution in [2.45, 2.75) is 0 Å². The minimum absolute atomic E-state index is 0.540. The molecule has 9 heteroatoms. The summed E-state index contributed by atoms with van der Waals surface area (Å²) in [7, 11) is 0. The Bertz CT molecular complexity index is 297. The molecule has 0 amide bonds. The van der Waals surface area contributed by atoms with E-state index in [-0.39, 0.29) is 0 Å². The monoisotopic (exact) mass is 472 g/mol. The Kier molecular flexibility index (Phi) is 26.8. The lowest BCUT2D eigenvalue weighted by molar-refractivity contribution is -0.0222. The van der Waals surface area contributed by atoms with Gasteiger partial charge in [0, 0.05) is 5.33 Å². The van der Waals surface area contributed by atoms with Crippen LogP contribution in [-0.4, -0.2) is 111 Å². The van der Waals surface area contributed by atoms with Crippen molar-refractivity contribution < 1.29 is 37.9 Å². The molecule has 0 saturated heterocycles. The van der Waals surface area contributed by atoms with Crippen molar-refractivity contribution in [1.29, 1.82) is 0 Å². The maximum Gasteiger partial charge on any atom is 0.0704 e. The van der Waals surface area contributed by atoms with Gasteiger partial charge in [0.1, 0.15) is 0 Å². The van der Waals surface area contributed by atoms with E-state index in [0.29, 0.717) is 106 Å². The molecule has 0 N–H and O–H groups in total. The normalized spacial score (nSPS) is 11.2. The third-order valence-corrected chi connectivity index (χ3v) is 3.38. The Morgan fingerprint density at radius 1 is 0.429 bits per heavy atom. The first-order valence-electron chi connectivity index (χ1n) is 9.70. The molecular formula is C19H37BrO8. The number of alkyl halides is 1. The molecular weight excluding hydrogens is 436 g/mol. The molecule has 0 aliphatic heterocycles. The highest BCUT2D eigenvalue weighted by Gasteiger charge is 1.94. The predicted molar refractivity (Wildman–Crippen MR) is 111 cm³/mol. The average Bonchev–Trinajstić information content (AvgIpc) is 2.71. The van der Waals surface area contributed by atoms with E-state index in [1.165, 1.54) is 0 Å². The van der Waals surface area contributed by atoms with Gasteiger partial charge in [-0.1, -0.05) is 22.0 Å². The first kappa shape index (κ1) is 27.9. The van der Waals surface area contributed by atoms with E-state index in [1.807, 2.05) is 0 Å². The van der Waals surface area contributed by atoms with Crippen LogP contribution in [-0.2, 0) is 37.9 Å². The van der Waals surface area contributed by atoms with Crippen LogP contribution in [0.4, 0.5) is 0 Å². The van der Waals surface area contributed by atoms with Crippen LogP contribution in [0.5, 0.6) is 0 Å². The summed E-state index contributed by atoms with van der Waals surface area (Å²) in [6, 6.07) is 0. The van der Waals surface area contributed by atoms with E-state index in [2.05, 4.69) is 22.5 Å². The zero-order chi connectivity index (χ0) is 20.4. The molecule has 8 nitrogen and oxygen atoms in total. The zero-order valence-electron chi connectivity index (χ0n) is 16.9. The van der Waals surface area contributed by atoms with E-state index >= 15 is 0 Å². The molecule has 0 unspecified atom stereocenters. The molecule has 0 rings (SSSR count). The largest absolute Gasteiger partial charge is 0.378 e. The van der Waals surface area contributed by atoms with Crippen molar-refractivity contribution >= 4 is 15.9 Å². The minimum atomic E-state index is 0.540. The fourth-order valence-corrected chi connectivity index (χ4v) is 1.99. The molecule has 0 aliphatic rings. The molecule has 0 spiro atoms. The Morgan fingerprint density at radius 2 is 0.679 bits per heavy atom. The summed E-state index contributed by atoms with van der Waals surface area (Å²) in [5.74, 6) is 0. The van der Waals surface area contributed by atoms with Crippen LogP contribution in [0.2, 0.25) is 0 Å². The summed E-state index contributed by atoms with van der Waals surface area (Å²) in [6.45, 7) is 12.6. The molecule has 168 valence electrons. The van der Waals surface area contributed by atoms with Gasteiger partial charge in [-0.25, -0.2) is 0 Å². The van der Waals surface area contributed by atoms with E-state index in [0.717, 1.165) is 5.33 Å². The van der Waals surface area contributed by atoms with Crippen molar-refractivity contribution in [2.75, 3.05) is 111 Å². The molecule has 0 aromatic heterocycles. The number of hydrogen-bond donors (Lipinski definition) is 0. The summed E-state index contributed by atoms with van der Waals surface area (Å²) in [5.41, 5.74) is 0. The van der Waals surface area contributed by atoms with Gasteiger partial charge in [-0.3, -0.25) is 0 Å². The van der Waals surface area contributed by atoms with Gasteiger partial charge in [-0.2, -0.15) is 0 Å². The van der Waals surface area contributed by atoms with E-state index in [9.17, 15) is 0 Å². The standard InChI is InChI=1S/C19H37BrO8/c1-2-4-21-6-8-23-10-12-25-14-16-27-18-19-28-17-15-26-13-11-24-9-7-22-5-3-20/h2H,1,3-19H2. The van der Waals surface area contributed by atoms with Crippen LogP contribution in [0.25, 0.3) is 0 Å². The van der Waals surface area contributed by atoms with Crippen molar-refractivity contribution in [2.24, 2.45) is 0 Å². The lowest BCUT2D eigenvalue weighted by Crippen LogP contribution is -2.15. The highest BCUT2D eigenvalue weighted by Crippen LogP contribution is 1.86. The minimum Gasteiger partial charge on any atom is -0.378 e. The van der Waals surface area contributed by atoms with Gasteiger partial charge in [0.05, 0.1) is 106 Å². The van der Waals surface area contributed by atoms with E-state index in [4.69, 9.17) is 37.9 Å². The number of halogens is 1. The van der Waals surface area contributed by atoms with Gasteiger partial charge in [0.2, 0.25) is 0 Å².